The molecule has 0 atom stereocenters. The number of carbonyl (C=O) groups excluding carboxylic acids is 1. The summed E-state index contributed by atoms with van der Waals surface area (Å²) in [7, 11) is 0. The smallest absolute Gasteiger partial charge is 0.339 e. The van der Waals surface area contributed by atoms with Gasteiger partial charge in [0.2, 0.25) is 5.91 Å². The Kier molecular flexibility index (Phi) is 10.4. The molecule has 0 saturated carbocycles. The first kappa shape index (κ1) is 32.7. The number of aryl methyl sites for hydroxylation is 1. The largest absolute Gasteiger partial charge is 0.507 e. The Bertz CT molecular complexity index is 1910. The molecule has 11 heteroatoms. The summed E-state index contributed by atoms with van der Waals surface area (Å²) in [5, 5.41) is 27.3. The predicted molar refractivity (Wildman–Crippen MR) is 177 cm³/mol. The Morgan fingerprint density at radius 3 is 2.33 bits per heavy atom. The van der Waals surface area contributed by atoms with Crippen LogP contribution in [-0.2, 0) is 11.3 Å². The maximum Gasteiger partial charge on any atom is 0.339 e. The van der Waals surface area contributed by atoms with Crippen LogP contribution in [-0.4, -0.2) is 84.2 Å². The molecule has 227 valence electrons. The van der Waals surface area contributed by atoms with Gasteiger partial charge < -0.3 is 19.7 Å². The third-order valence-electron chi connectivity index (χ3n) is 8.13. The molecule has 2 aromatic heterocycles. The van der Waals surface area contributed by atoms with Gasteiger partial charge >= 0.3 is 5.97 Å². The normalized spacial score (nSPS) is 14.0. The van der Waals surface area contributed by atoms with E-state index in [0.717, 1.165) is 52.9 Å². The number of pyridine rings is 1. The van der Waals surface area contributed by atoms with Gasteiger partial charge in [-0.15, -0.1) is 0 Å². The summed E-state index contributed by atoms with van der Waals surface area (Å²) in [5.74, 6) is -0.166. The summed E-state index contributed by atoms with van der Waals surface area (Å²) in [6, 6.07) is 23.2. The van der Waals surface area contributed by atoms with Gasteiger partial charge in [0.25, 0.3) is 0 Å². The van der Waals surface area contributed by atoms with E-state index in [1.807, 2.05) is 60.4 Å². The van der Waals surface area contributed by atoms with E-state index in [2.05, 4.69) is 24.8 Å². The molecule has 0 unspecified atom stereocenters. The molecule has 10 nitrogen and oxygen atoms in total. The quantitative estimate of drug-likeness (QED) is 0.114. The maximum absolute atomic E-state index is 13.6. The summed E-state index contributed by atoms with van der Waals surface area (Å²) < 4.78 is 2.26. The number of hydrogen-bond donors (Lipinski definition) is 2. The second-order valence-electron chi connectivity index (χ2n) is 11.1. The monoisotopic (exact) mass is 623 g/mol. The number of phenols is 1. The molecular weight excluding hydrogens is 591 g/mol. The van der Waals surface area contributed by atoms with Crippen molar-refractivity contribution in [2.75, 3.05) is 13.1 Å². The van der Waals surface area contributed by atoms with Gasteiger partial charge in [-0.05, 0) is 78.8 Å². The fourth-order valence-corrected chi connectivity index (χ4v) is 5.67. The van der Waals surface area contributed by atoms with Crippen LogP contribution in [0.4, 0.5) is 11.4 Å². The Balaban J connectivity index is 0.00000417. The number of imidazole rings is 1. The molecule has 0 bridgehead atoms. The van der Waals surface area contributed by atoms with Crippen molar-refractivity contribution in [1.82, 2.24) is 19.4 Å². The minimum absolute atomic E-state index is 0. The molecule has 0 aliphatic carbocycles. The van der Waals surface area contributed by atoms with Crippen molar-refractivity contribution in [2.24, 2.45) is 16.1 Å². The Morgan fingerprint density at radius 2 is 1.61 bits per heavy atom. The van der Waals surface area contributed by atoms with Crippen molar-refractivity contribution in [3.8, 4) is 5.75 Å². The molecule has 3 aromatic carbocycles. The third-order valence-corrected chi connectivity index (χ3v) is 8.13. The van der Waals surface area contributed by atoms with Crippen molar-refractivity contribution < 1.29 is 19.8 Å². The molecule has 1 aliphatic rings. The number of fused-ring (bicyclic) bond motifs is 1. The van der Waals surface area contributed by atoms with Gasteiger partial charge in [0.05, 0.1) is 23.1 Å². The first-order valence-electron chi connectivity index (χ1n) is 14.8. The Hall–Kier alpha value is -4.64. The molecule has 5 aromatic rings. The summed E-state index contributed by atoms with van der Waals surface area (Å²) in [6.07, 6.45) is 7.14. The summed E-state index contributed by atoms with van der Waals surface area (Å²) >= 11 is 0. The van der Waals surface area contributed by atoms with E-state index >= 15 is 0 Å². The minimum Gasteiger partial charge on any atom is -0.507 e. The second-order valence-corrected chi connectivity index (χ2v) is 11.1. The molecule has 1 saturated heterocycles. The van der Waals surface area contributed by atoms with Gasteiger partial charge in [-0.25, -0.2) is 9.78 Å². The van der Waals surface area contributed by atoms with E-state index in [-0.39, 0.29) is 46.8 Å². The van der Waals surface area contributed by atoms with Gasteiger partial charge in [0.15, 0.2) is 0 Å². The van der Waals surface area contributed by atoms with E-state index in [4.69, 9.17) is 0 Å². The Labute approximate surface area is 288 Å². The number of likely N-dealkylation sites (tertiary alicyclic amines) is 1. The van der Waals surface area contributed by atoms with Crippen molar-refractivity contribution in [1.29, 1.82) is 0 Å². The number of azo groups is 1. The van der Waals surface area contributed by atoms with Crippen LogP contribution in [0.25, 0.3) is 16.6 Å². The van der Waals surface area contributed by atoms with Crippen LogP contribution >= 0.6 is 0 Å². The van der Waals surface area contributed by atoms with Crippen LogP contribution in [0, 0.1) is 12.8 Å². The molecule has 6 rings (SSSR count). The topological polar surface area (TPSA) is 133 Å². The van der Waals surface area contributed by atoms with E-state index in [9.17, 15) is 19.8 Å². The molecule has 1 amide bonds. The van der Waals surface area contributed by atoms with Gasteiger partial charge in [-0.3, -0.25) is 9.78 Å². The number of benzene rings is 3. The molecule has 1 radical (unpaired) electrons. The average Bonchev–Trinajstić information content (AvgIpc) is 3.38. The number of amides is 1. The number of carboxylic acids is 1. The molecule has 1 aliphatic heterocycles. The average molecular weight is 624 g/mol. The maximum atomic E-state index is 13.6. The molecule has 46 heavy (non-hydrogen) atoms. The van der Waals surface area contributed by atoms with Gasteiger partial charge in [0.1, 0.15) is 22.7 Å². The summed E-state index contributed by atoms with van der Waals surface area (Å²) in [5.41, 5.74) is 5.22. The third kappa shape index (κ3) is 7.42. The Morgan fingerprint density at radius 1 is 0.935 bits per heavy atom. The second kappa shape index (κ2) is 14.6. The fraction of sp³-hybridized carbons (Fsp3) is 0.200. The van der Waals surface area contributed by atoms with Crippen molar-refractivity contribution >= 4 is 69.4 Å². The number of hydrogen-bond acceptors (Lipinski definition) is 7. The zero-order valence-electron chi connectivity index (χ0n) is 25.7. The minimum atomic E-state index is -1.25. The van der Waals surface area contributed by atoms with Crippen molar-refractivity contribution in [2.45, 2.75) is 26.3 Å². The first-order chi connectivity index (χ1) is 21.9. The number of carboxylic acid groups (broad SMARTS) is 1. The number of aromatic nitrogens is 3. The number of nitrogens with zero attached hydrogens (tertiary/aromatic N) is 6. The van der Waals surface area contributed by atoms with Crippen LogP contribution < -0.4 is 0 Å². The first-order valence-corrected chi connectivity index (χ1v) is 14.8. The zero-order chi connectivity index (χ0) is 31.3. The number of aromatic carboxylic acids is 1. The summed E-state index contributed by atoms with van der Waals surface area (Å²) in [4.78, 5) is 35.6. The van der Waals surface area contributed by atoms with E-state index in [1.165, 1.54) is 18.2 Å². The predicted octanol–water partition coefficient (Wildman–Crippen LogP) is 6.55. The van der Waals surface area contributed by atoms with Crippen LogP contribution in [0.2, 0.25) is 0 Å². The van der Waals surface area contributed by atoms with Crippen LogP contribution in [0.1, 0.15) is 40.2 Å². The zero-order valence-corrected chi connectivity index (χ0v) is 27.7. The van der Waals surface area contributed by atoms with Crippen LogP contribution in [0.15, 0.2) is 108 Å². The van der Waals surface area contributed by atoms with Gasteiger partial charge in [-0.1, -0.05) is 42.5 Å². The van der Waals surface area contributed by atoms with E-state index in [0.29, 0.717) is 30.4 Å². The van der Waals surface area contributed by atoms with Crippen LogP contribution in [0.5, 0.6) is 5.75 Å². The van der Waals surface area contributed by atoms with Crippen LogP contribution in [0.3, 0.4) is 0 Å². The standard InChI is InChI=1S/C35H32N6O4.Na/c1-23-37-31-21-36-16-13-32(31)41(23)22-24-14-17-40(18-15-24)34(43)20-29(25-5-3-2-4-6-25)26-7-9-27(10-8-26)38-39-28-11-12-33(42)30(19-28)35(44)45;/h2-13,16,19-21,24,42H,14-15,17-18,22H2,1H3,(H,44,45);/b29-20-,39-38?;. The number of carbonyl (C=O) groups is 2. The molecule has 2 N–H and O–H groups in total. The van der Waals surface area contributed by atoms with Gasteiger partial charge in [0, 0.05) is 61.5 Å². The number of aromatic hydroxyl groups is 1. The SMILES string of the molecule is Cc1nc2cnccc2n1CC1CCN(C(=O)/C=C(/c2ccccc2)c2ccc(N=Nc3ccc(O)c(C(=O)O)c3)cc2)CC1.[Na]. The van der Waals surface area contributed by atoms with E-state index < -0.39 is 5.97 Å². The molecule has 1 fully saturated rings. The van der Waals surface area contributed by atoms with Crippen molar-refractivity contribution in [3.63, 3.8) is 0 Å². The van der Waals surface area contributed by atoms with Gasteiger partial charge in [-0.2, -0.15) is 10.2 Å². The number of rotatable bonds is 8. The molecule has 3 heterocycles. The van der Waals surface area contributed by atoms with E-state index in [1.54, 1.807) is 30.6 Å². The fourth-order valence-electron chi connectivity index (χ4n) is 5.67. The molecule has 0 spiro atoms. The summed E-state index contributed by atoms with van der Waals surface area (Å²) in [6.45, 7) is 4.28. The van der Waals surface area contributed by atoms with Crippen molar-refractivity contribution in [3.05, 3.63) is 120 Å². The number of piperidine rings is 1. The molecular formula is C35H32N6NaO4.